The Labute approximate surface area is 98.4 Å². The van der Waals surface area contributed by atoms with Gasteiger partial charge in [-0.25, -0.2) is 21.6 Å². The highest BCUT2D eigenvalue weighted by Crippen LogP contribution is 2.24. The second-order valence-electron chi connectivity index (χ2n) is 3.96. The van der Waals surface area contributed by atoms with Gasteiger partial charge in [-0.05, 0) is 23.6 Å². The fraction of sp³-hybridized carbons (Fsp3) is 0.455. The molecule has 17 heavy (non-hydrogen) atoms. The molecule has 2 nitrogen and oxygen atoms in total. The second kappa shape index (κ2) is 5.08. The van der Waals surface area contributed by atoms with Crippen LogP contribution in [-0.4, -0.2) is 20.3 Å². The van der Waals surface area contributed by atoms with Gasteiger partial charge in [0.15, 0.2) is 0 Å². The molecule has 0 aliphatic heterocycles. The molecule has 1 rings (SSSR count). The molecule has 0 saturated heterocycles. The molecule has 0 aromatic heterocycles. The highest BCUT2D eigenvalue weighted by Gasteiger charge is 2.35. The number of alkyl halides is 3. The van der Waals surface area contributed by atoms with E-state index in [0.29, 0.717) is 5.56 Å². The standard InChI is InChI=1S/C11H13F3O2S/c1-7(2)8-4-3-5-9(6-8)17(15,16)11(14)10(12)13/h3-7,10-11H,1-2H3. The van der Waals surface area contributed by atoms with Crippen molar-refractivity contribution in [2.75, 3.05) is 0 Å². The zero-order chi connectivity index (χ0) is 13.2. The second-order valence-corrected chi connectivity index (χ2v) is 5.97. The Hall–Kier alpha value is -1.04. The Morgan fingerprint density at radius 2 is 1.71 bits per heavy atom. The number of halogens is 3. The van der Waals surface area contributed by atoms with Crippen LogP contribution in [-0.2, 0) is 9.84 Å². The topological polar surface area (TPSA) is 34.1 Å². The highest BCUT2D eigenvalue weighted by molar-refractivity contribution is 7.92. The van der Waals surface area contributed by atoms with Crippen LogP contribution in [0.5, 0.6) is 0 Å². The van der Waals surface area contributed by atoms with Crippen LogP contribution in [0, 0.1) is 0 Å². The molecule has 0 heterocycles. The van der Waals surface area contributed by atoms with Gasteiger partial charge in [0.25, 0.3) is 11.9 Å². The number of hydrogen-bond donors (Lipinski definition) is 0. The predicted octanol–water partition coefficient (Wildman–Crippen LogP) is 3.14. The van der Waals surface area contributed by atoms with Crippen LogP contribution in [0.2, 0.25) is 0 Å². The van der Waals surface area contributed by atoms with Gasteiger partial charge >= 0.3 is 0 Å². The van der Waals surface area contributed by atoms with Crippen LogP contribution in [0.4, 0.5) is 13.2 Å². The summed E-state index contributed by atoms with van der Waals surface area (Å²) in [4.78, 5) is -0.406. The van der Waals surface area contributed by atoms with Crippen molar-refractivity contribution in [2.45, 2.75) is 36.6 Å². The maximum atomic E-state index is 13.0. The number of benzene rings is 1. The van der Waals surface area contributed by atoms with Crippen LogP contribution >= 0.6 is 0 Å². The third-order valence-corrected chi connectivity index (χ3v) is 4.06. The maximum absolute atomic E-state index is 13.0. The van der Waals surface area contributed by atoms with Crippen LogP contribution in [0.25, 0.3) is 0 Å². The molecule has 0 fully saturated rings. The van der Waals surface area contributed by atoms with Crippen molar-refractivity contribution in [2.24, 2.45) is 0 Å². The first-order valence-corrected chi connectivity index (χ1v) is 6.57. The van der Waals surface area contributed by atoms with Crippen LogP contribution < -0.4 is 0 Å². The number of hydrogen-bond acceptors (Lipinski definition) is 2. The van der Waals surface area contributed by atoms with Crippen molar-refractivity contribution in [3.63, 3.8) is 0 Å². The van der Waals surface area contributed by atoms with E-state index in [4.69, 9.17) is 0 Å². The van der Waals surface area contributed by atoms with Gasteiger partial charge < -0.3 is 0 Å². The molecule has 0 aliphatic rings. The van der Waals surface area contributed by atoms with E-state index >= 15 is 0 Å². The van der Waals surface area contributed by atoms with Gasteiger partial charge in [0.05, 0.1) is 4.90 Å². The summed E-state index contributed by atoms with van der Waals surface area (Å²) in [5.41, 5.74) is -2.52. The summed E-state index contributed by atoms with van der Waals surface area (Å²) in [7, 11) is -4.61. The molecule has 0 N–H and O–H groups in total. The van der Waals surface area contributed by atoms with E-state index in [0.717, 1.165) is 6.07 Å². The average Bonchev–Trinajstić information content (AvgIpc) is 2.28. The molecule has 0 spiro atoms. The third-order valence-electron chi connectivity index (χ3n) is 2.35. The zero-order valence-electron chi connectivity index (χ0n) is 9.40. The van der Waals surface area contributed by atoms with Crippen molar-refractivity contribution in [3.8, 4) is 0 Å². The minimum atomic E-state index is -4.61. The van der Waals surface area contributed by atoms with Gasteiger partial charge in [-0.2, -0.15) is 0 Å². The van der Waals surface area contributed by atoms with Gasteiger partial charge in [0, 0.05) is 0 Å². The Morgan fingerprint density at radius 1 is 1.12 bits per heavy atom. The van der Waals surface area contributed by atoms with E-state index < -0.39 is 26.7 Å². The van der Waals surface area contributed by atoms with Crippen LogP contribution in [0.1, 0.15) is 25.3 Å². The van der Waals surface area contributed by atoms with Crippen LogP contribution in [0.15, 0.2) is 29.2 Å². The van der Waals surface area contributed by atoms with Gasteiger partial charge in [-0.1, -0.05) is 26.0 Å². The van der Waals surface area contributed by atoms with Crippen molar-refractivity contribution >= 4 is 9.84 Å². The molecular weight excluding hydrogens is 253 g/mol. The SMILES string of the molecule is CC(C)c1cccc(S(=O)(=O)C(F)C(F)F)c1. The zero-order valence-corrected chi connectivity index (χ0v) is 10.2. The lowest BCUT2D eigenvalue weighted by molar-refractivity contribution is 0.0902. The average molecular weight is 266 g/mol. The molecule has 6 heteroatoms. The summed E-state index contributed by atoms with van der Waals surface area (Å²) >= 11 is 0. The molecule has 96 valence electrons. The lowest BCUT2D eigenvalue weighted by Crippen LogP contribution is -2.24. The molecule has 1 aromatic rings. The molecule has 0 radical (unpaired) electrons. The fourth-order valence-corrected chi connectivity index (χ4v) is 2.42. The maximum Gasteiger partial charge on any atom is 0.284 e. The lowest BCUT2D eigenvalue weighted by Gasteiger charge is -2.11. The van der Waals surface area contributed by atoms with Gasteiger partial charge in [-0.3, -0.25) is 0 Å². The summed E-state index contributed by atoms with van der Waals surface area (Å²) in [5.74, 6) is 0.0368. The number of rotatable bonds is 4. The normalized spacial score (nSPS) is 14.3. The fourth-order valence-electron chi connectivity index (χ4n) is 1.32. The molecule has 0 saturated carbocycles. The Morgan fingerprint density at radius 3 is 2.18 bits per heavy atom. The van der Waals surface area contributed by atoms with E-state index in [1.54, 1.807) is 6.07 Å². The summed E-state index contributed by atoms with van der Waals surface area (Å²) in [6.45, 7) is 3.65. The van der Waals surface area contributed by atoms with Gasteiger partial charge in [0.2, 0.25) is 9.84 Å². The summed E-state index contributed by atoms with van der Waals surface area (Å²) in [6, 6.07) is 5.44. The quantitative estimate of drug-likeness (QED) is 0.839. The third kappa shape index (κ3) is 3.00. The molecule has 1 aromatic carbocycles. The molecule has 1 unspecified atom stereocenters. The molecule has 0 bridgehead atoms. The monoisotopic (exact) mass is 266 g/mol. The van der Waals surface area contributed by atoms with Gasteiger partial charge in [0.1, 0.15) is 0 Å². The summed E-state index contributed by atoms with van der Waals surface area (Å²) in [5, 5.41) is 0. The smallest absolute Gasteiger partial charge is 0.223 e. The van der Waals surface area contributed by atoms with Crippen molar-refractivity contribution in [1.29, 1.82) is 0 Å². The Kier molecular flexibility index (Phi) is 4.19. The predicted molar refractivity (Wildman–Crippen MR) is 58.6 cm³/mol. The largest absolute Gasteiger partial charge is 0.284 e. The molecule has 0 aliphatic carbocycles. The molecule has 0 amide bonds. The Bertz CT molecular complexity index is 483. The lowest BCUT2D eigenvalue weighted by atomic mass is 10.0. The number of sulfone groups is 1. The van der Waals surface area contributed by atoms with E-state index in [9.17, 15) is 21.6 Å². The summed E-state index contributed by atoms with van der Waals surface area (Å²) < 4.78 is 60.2. The van der Waals surface area contributed by atoms with E-state index in [2.05, 4.69) is 0 Å². The van der Waals surface area contributed by atoms with E-state index in [-0.39, 0.29) is 5.92 Å². The van der Waals surface area contributed by atoms with Gasteiger partial charge in [-0.15, -0.1) is 0 Å². The van der Waals surface area contributed by atoms with Crippen molar-refractivity contribution < 1.29 is 21.6 Å². The van der Waals surface area contributed by atoms with E-state index in [1.807, 2.05) is 13.8 Å². The Balaban J connectivity index is 3.20. The molecule has 1 atom stereocenters. The first-order valence-electron chi connectivity index (χ1n) is 5.03. The minimum Gasteiger partial charge on any atom is -0.223 e. The summed E-state index contributed by atoms with van der Waals surface area (Å²) in [6.07, 6.45) is -3.54. The van der Waals surface area contributed by atoms with Crippen molar-refractivity contribution in [1.82, 2.24) is 0 Å². The highest BCUT2D eigenvalue weighted by atomic mass is 32.2. The first kappa shape index (κ1) is 14.0. The van der Waals surface area contributed by atoms with E-state index in [1.165, 1.54) is 12.1 Å². The first-order chi connectivity index (χ1) is 7.76. The molecular formula is C11H13F3O2S. The minimum absolute atomic E-state index is 0.0368. The van der Waals surface area contributed by atoms with Crippen LogP contribution in [0.3, 0.4) is 0 Å². The van der Waals surface area contributed by atoms with Crippen molar-refractivity contribution in [3.05, 3.63) is 29.8 Å².